The Bertz CT molecular complexity index is 791. The molecule has 2 nitrogen and oxygen atoms in total. The standard InChI is InChI=1S/C18H17FN2/c1-11-7-15(10-16(19)8-11)18(20)14-5-6-17-13(9-14)4-3-12(2)21-17/h3-10,18H,20H2,1-2H3. The van der Waals surface area contributed by atoms with E-state index in [4.69, 9.17) is 5.73 Å². The van der Waals surface area contributed by atoms with E-state index in [1.165, 1.54) is 12.1 Å². The Morgan fingerprint density at radius 3 is 2.52 bits per heavy atom. The highest BCUT2D eigenvalue weighted by Crippen LogP contribution is 2.24. The largest absolute Gasteiger partial charge is 0.320 e. The van der Waals surface area contributed by atoms with Gasteiger partial charge in [-0.05, 0) is 60.9 Å². The monoisotopic (exact) mass is 280 g/mol. The molecule has 0 spiro atoms. The molecular weight excluding hydrogens is 263 g/mol. The van der Waals surface area contributed by atoms with Crippen LogP contribution in [0, 0.1) is 19.7 Å². The molecule has 21 heavy (non-hydrogen) atoms. The Morgan fingerprint density at radius 2 is 1.76 bits per heavy atom. The number of benzene rings is 2. The Morgan fingerprint density at radius 1 is 0.952 bits per heavy atom. The predicted octanol–water partition coefficient (Wildman–Crippen LogP) is 4.04. The first-order valence-electron chi connectivity index (χ1n) is 6.93. The molecule has 1 heterocycles. The Hall–Kier alpha value is -2.26. The van der Waals surface area contributed by atoms with Crippen molar-refractivity contribution in [3.63, 3.8) is 0 Å². The first-order chi connectivity index (χ1) is 10.0. The van der Waals surface area contributed by atoms with E-state index in [0.717, 1.165) is 33.3 Å². The van der Waals surface area contributed by atoms with Crippen molar-refractivity contribution >= 4 is 10.9 Å². The van der Waals surface area contributed by atoms with Gasteiger partial charge in [-0.3, -0.25) is 4.98 Å². The van der Waals surface area contributed by atoms with Gasteiger partial charge in [0.05, 0.1) is 11.6 Å². The van der Waals surface area contributed by atoms with Crippen LogP contribution in [0.5, 0.6) is 0 Å². The summed E-state index contributed by atoms with van der Waals surface area (Å²) in [5.74, 6) is -0.251. The van der Waals surface area contributed by atoms with Crippen LogP contribution in [-0.4, -0.2) is 4.98 Å². The highest BCUT2D eigenvalue weighted by Gasteiger charge is 2.11. The van der Waals surface area contributed by atoms with Gasteiger partial charge < -0.3 is 5.73 Å². The van der Waals surface area contributed by atoms with Crippen molar-refractivity contribution in [3.8, 4) is 0 Å². The molecule has 0 radical (unpaired) electrons. The van der Waals surface area contributed by atoms with Gasteiger partial charge in [0.2, 0.25) is 0 Å². The molecule has 1 aromatic heterocycles. The summed E-state index contributed by atoms with van der Waals surface area (Å²) in [6.07, 6.45) is 0. The molecule has 0 aliphatic heterocycles. The van der Waals surface area contributed by atoms with Gasteiger partial charge in [-0.1, -0.05) is 18.2 Å². The molecule has 0 bridgehead atoms. The van der Waals surface area contributed by atoms with E-state index in [9.17, 15) is 4.39 Å². The van der Waals surface area contributed by atoms with E-state index in [1.54, 1.807) is 0 Å². The van der Waals surface area contributed by atoms with Gasteiger partial charge in [-0.15, -0.1) is 0 Å². The van der Waals surface area contributed by atoms with Crippen molar-refractivity contribution in [2.75, 3.05) is 0 Å². The summed E-state index contributed by atoms with van der Waals surface area (Å²) in [6, 6.07) is 14.5. The molecule has 3 rings (SSSR count). The number of rotatable bonds is 2. The fourth-order valence-corrected chi connectivity index (χ4v) is 2.58. The van der Waals surface area contributed by atoms with Gasteiger partial charge in [-0.2, -0.15) is 0 Å². The van der Waals surface area contributed by atoms with Crippen LogP contribution in [-0.2, 0) is 0 Å². The first kappa shape index (κ1) is 13.7. The molecule has 2 N–H and O–H groups in total. The van der Waals surface area contributed by atoms with E-state index in [2.05, 4.69) is 4.98 Å². The van der Waals surface area contributed by atoms with Gasteiger partial charge in [0.1, 0.15) is 5.82 Å². The number of aromatic nitrogens is 1. The average molecular weight is 280 g/mol. The zero-order chi connectivity index (χ0) is 15.0. The molecule has 2 aromatic carbocycles. The summed E-state index contributed by atoms with van der Waals surface area (Å²) in [4.78, 5) is 4.48. The normalized spacial score (nSPS) is 12.6. The molecule has 0 saturated carbocycles. The number of halogens is 1. The van der Waals surface area contributed by atoms with Crippen molar-refractivity contribution in [2.24, 2.45) is 5.73 Å². The highest BCUT2D eigenvalue weighted by molar-refractivity contribution is 5.79. The third-order valence-corrected chi connectivity index (χ3v) is 3.64. The summed E-state index contributed by atoms with van der Waals surface area (Å²) in [5.41, 5.74) is 10.8. The molecule has 0 saturated heterocycles. The minimum Gasteiger partial charge on any atom is -0.320 e. The smallest absolute Gasteiger partial charge is 0.123 e. The Balaban J connectivity index is 2.04. The third kappa shape index (κ3) is 2.78. The quantitative estimate of drug-likeness (QED) is 0.769. The number of nitrogens with two attached hydrogens (primary N) is 1. The molecule has 0 amide bonds. The lowest BCUT2D eigenvalue weighted by atomic mass is 9.97. The number of fused-ring (bicyclic) bond motifs is 1. The van der Waals surface area contributed by atoms with Crippen molar-refractivity contribution < 1.29 is 4.39 Å². The lowest BCUT2D eigenvalue weighted by Crippen LogP contribution is -2.12. The predicted molar refractivity (Wildman–Crippen MR) is 83.6 cm³/mol. The van der Waals surface area contributed by atoms with E-state index in [1.807, 2.05) is 50.2 Å². The second-order valence-electron chi connectivity index (χ2n) is 5.44. The van der Waals surface area contributed by atoms with Crippen LogP contribution >= 0.6 is 0 Å². The molecule has 0 fully saturated rings. The fourth-order valence-electron chi connectivity index (χ4n) is 2.58. The average Bonchev–Trinajstić information content (AvgIpc) is 2.45. The molecule has 1 atom stereocenters. The number of nitrogens with zero attached hydrogens (tertiary/aromatic N) is 1. The maximum Gasteiger partial charge on any atom is 0.123 e. The lowest BCUT2D eigenvalue weighted by Gasteiger charge is -2.14. The van der Waals surface area contributed by atoms with Crippen molar-refractivity contribution in [3.05, 3.63) is 76.7 Å². The van der Waals surface area contributed by atoms with Gasteiger partial charge in [0, 0.05) is 11.1 Å². The topological polar surface area (TPSA) is 38.9 Å². The van der Waals surface area contributed by atoms with E-state index >= 15 is 0 Å². The SMILES string of the molecule is Cc1cc(F)cc(C(N)c2ccc3nc(C)ccc3c2)c1. The van der Waals surface area contributed by atoms with Crippen LogP contribution in [0.4, 0.5) is 4.39 Å². The first-order valence-corrected chi connectivity index (χ1v) is 6.93. The van der Waals surface area contributed by atoms with E-state index < -0.39 is 0 Å². The Labute approximate surface area is 123 Å². The highest BCUT2D eigenvalue weighted by atomic mass is 19.1. The van der Waals surface area contributed by atoms with Crippen LogP contribution in [0.25, 0.3) is 10.9 Å². The van der Waals surface area contributed by atoms with Crippen molar-refractivity contribution in [2.45, 2.75) is 19.9 Å². The maximum atomic E-state index is 13.5. The third-order valence-electron chi connectivity index (χ3n) is 3.64. The lowest BCUT2D eigenvalue weighted by molar-refractivity contribution is 0.622. The molecular formula is C18H17FN2. The zero-order valence-electron chi connectivity index (χ0n) is 12.1. The molecule has 0 aliphatic carbocycles. The number of aryl methyl sites for hydroxylation is 2. The summed E-state index contributed by atoms with van der Waals surface area (Å²) in [5, 5.41) is 1.04. The number of hydrogen-bond donors (Lipinski definition) is 1. The summed E-state index contributed by atoms with van der Waals surface area (Å²) < 4.78 is 13.5. The van der Waals surface area contributed by atoms with Crippen LogP contribution in [0.15, 0.2) is 48.5 Å². The van der Waals surface area contributed by atoms with Crippen molar-refractivity contribution in [1.82, 2.24) is 4.98 Å². The molecule has 1 unspecified atom stereocenters. The second-order valence-corrected chi connectivity index (χ2v) is 5.44. The van der Waals surface area contributed by atoms with Gasteiger partial charge in [-0.25, -0.2) is 4.39 Å². The summed E-state index contributed by atoms with van der Waals surface area (Å²) >= 11 is 0. The molecule has 106 valence electrons. The van der Waals surface area contributed by atoms with Crippen LogP contribution in [0.3, 0.4) is 0 Å². The van der Waals surface area contributed by atoms with Crippen molar-refractivity contribution in [1.29, 1.82) is 0 Å². The zero-order valence-corrected chi connectivity index (χ0v) is 12.1. The van der Waals surface area contributed by atoms with Gasteiger partial charge >= 0.3 is 0 Å². The summed E-state index contributed by atoms with van der Waals surface area (Å²) in [7, 11) is 0. The van der Waals surface area contributed by atoms with Gasteiger partial charge in [0.25, 0.3) is 0 Å². The van der Waals surface area contributed by atoms with Crippen LogP contribution in [0.1, 0.15) is 28.4 Å². The van der Waals surface area contributed by atoms with E-state index in [0.29, 0.717) is 0 Å². The Kier molecular flexibility index (Phi) is 3.43. The minimum absolute atomic E-state index is 0.251. The molecule has 0 aliphatic rings. The van der Waals surface area contributed by atoms with Crippen LogP contribution < -0.4 is 5.73 Å². The number of hydrogen-bond acceptors (Lipinski definition) is 2. The maximum absolute atomic E-state index is 13.5. The number of pyridine rings is 1. The second kappa shape index (κ2) is 5.26. The molecule has 3 aromatic rings. The van der Waals surface area contributed by atoms with Gasteiger partial charge in [0.15, 0.2) is 0 Å². The van der Waals surface area contributed by atoms with E-state index in [-0.39, 0.29) is 11.9 Å². The molecule has 3 heteroatoms. The van der Waals surface area contributed by atoms with Crippen LogP contribution in [0.2, 0.25) is 0 Å². The minimum atomic E-state index is -0.342. The fraction of sp³-hybridized carbons (Fsp3) is 0.167. The summed E-state index contributed by atoms with van der Waals surface area (Å²) in [6.45, 7) is 3.83.